The molecule has 1 saturated heterocycles. The minimum atomic E-state index is -3.26. The van der Waals surface area contributed by atoms with Crippen molar-refractivity contribution in [3.8, 4) is 0 Å². The number of carboxylic acid groups (broad SMARTS) is 1. The topological polar surface area (TPSA) is 100 Å². The van der Waals surface area contributed by atoms with Gasteiger partial charge in [0, 0.05) is 19.6 Å². The molecule has 1 aliphatic heterocycles. The van der Waals surface area contributed by atoms with E-state index in [1.807, 2.05) is 4.90 Å². The van der Waals surface area contributed by atoms with E-state index in [0.717, 1.165) is 6.26 Å². The molecule has 1 fully saturated rings. The largest absolute Gasteiger partial charge is 0.481 e. The van der Waals surface area contributed by atoms with E-state index < -0.39 is 16.0 Å². The molecule has 23 heavy (non-hydrogen) atoms. The summed E-state index contributed by atoms with van der Waals surface area (Å²) in [4.78, 5) is 12.9. The van der Waals surface area contributed by atoms with Gasteiger partial charge >= 0.3 is 5.97 Å². The molecule has 1 aromatic heterocycles. The standard InChI is InChI=1S/C14H22N2O6S/c1-15(23(2,19)20)8-12-3-4-13(22-12)9-16-5-6-21-10-11(16)7-14(17)18/h3-4,11H,5-10H2,1-2H3,(H,17,18)/t11-/m0/s1. The van der Waals surface area contributed by atoms with Crippen LogP contribution >= 0.6 is 0 Å². The van der Waals surface area contributed by atoms with E-state index in [0.29, 0.717) is 37.8 Å². The van der Waals surface area contributed by atoms with Gasteiger partial charge in [-0.15, -0.1) is 0 Å². The number of aliphatic carboxylic acids is 1. The van der Waals surface area contributed by atoms with E-state index >= 15 is 0 Å². The highest BCUT2D eigenvalue weighted by Crippen LogP contribution is 2.18. The van der Waals surface area contributed by atoms with Crippen LogP contribution in [-0.2, 0) is 32.6 Å². The average molecular weight is 346 g/mol. The maximum absolute atomic E-state index is 11.4. The Balaban J connectivity index is 1.98. The Morgan fingerprint density at radius 3 is 2.78 bits per heavy atom. The molecule has 1 atom stereocenters. The van der Waals surface area contributed by atoms with Crippen molar-refractivity contribution < 1.29 is 27.5 Å². The van der Waals surface area contributed by atoms with Crippen molar-refractivity contribution in [1.29, 1.82) is 0 Å². The highest BCUT2D eigenvalue weighted by atomic mass is 32.2. The van der Waals surface area contributed by atoms with Crippen LogP contribution in [0.25, 0.3) is 0 Å². The number of rotatable bonds is 7. The molecular formula is C14H22N2O6S. The summed E-state index contributed by atoms with van der Waals surface area (Å²) in [6.45, 7) is 2.22. The van der Waals surface area contributed by atoms with Crippen LogP contribution in [0.2, 0.25) is 0 Å². The molecule has 0 aromatic carbocycles. The second-order valence-electron chi connectivity index (χ2n) is 5.68. The lowest BCUT2D eigenvalue weighted by molar-refractivity contribution is -0.140. The number of morpholine rings is 1. The lowest BCUT2D eigenvalue weighted by Crippen LogP contribution is -2.45. The molecule has 2 rings (SSSR count). The predicted octanol–water partition coefficient (Wildman–Crippen LogP) is 0.347. The third-order valence-corrected chi connectivity index (χ3v) is 5.04. The first-order valence-electron chi connectivity index (χ1n) is 7.28. The molecule has 8 nitrogen and oxygen atoms in total. The number of furan rings is 1. The summed E-state index contributed by atoms with van der Waals surface area (Å²) in [6, 6.07) is 3.34. The number of carbonyl (C=O) groups is 1. The van der Waals surface area contributed by atoms with Crippen molar-refractivity contribution in [2.45, 2.75) is 25.6 Å². The Kier molecular flexibility index (Phi) is 5.79. The summed E-state index contributed by atoms with van der Waals surface area (Å²) in [6.07, 6.45) is 1.16. The molecule has 130 valence electrons. The molecule has 0 radical (unpaired) electrons. The van der Waals surface area contributed by atoms with Gasteiger partial charge in [-0.1, -0.05) is 0 Å². The van der Waals surface area contributed by atoms with Crippen molar-refractivity contribution in [3.63, 3.8) is 0 Å². The normalized spacial score (nSPS) is 20.0. The Morgan fingerprint density at radius 1 is 1.43 bits per heavy atom. The fourth-order valence-corrected chi connectivity index (χ4v) is 2.78. The van der Waals surface area contributed by atoms with E-state index in [-0.39, 0.29) is 19.0 Å². The zero-order valence-electron chi connectivity index (χ0n) is 13.3. The van der Waals surface area contributed by atoms with Gasteiger partial charge in [0.2, 0.25) is 10.0 Å². The number of hydrogen-bond acceptors (Lipinski definition) is 6. The van der Waals surface area contributed by atoms with Crippen LogP contribution in [0.1, 0.15) is 17.9 Å². The van der Waals surface area contributed by atoms with Gasteiger partial charge in [-0.3, -0.25) is 9.69 Å². The van der Waals surface area contributed by atoms with E-state index in [2.05, 4.69) is 0 Å². The Hall–Kier alpha value is -1.42. The maximum Gasteiger partial charge on any atom is 0.305 e. The summed E-state index contributed by atoms with van der Waals surface area (Å²) in [5.41, 5.74) is 0. The van der Waals surface area contributed by atoms with Gasteiger partial charge in [-0.25, -0.2) is 8.42 Å². The number of hydrogen-bond donors (Lipinski definition) is 1. The average Bonchev–Trinajstić information content (AvgIpc) is 2.86. The smallest absolute Gasteiger partial charge is 0.305 e. The summed E-state index contributed by atoms with van der Waals surface area (Å²) in [5.74, 6) is 0.371. The van der Waals surface area contributed by atoms with Gasteiger partial charge < -0.3 is 14.3 Å². The molecule has 0 spiro atoms. The van der Waals surface area contributed by atoms with E-state index in [1.54, 1.807) is 12.1 Å². The van der Waals surface area contributed by atoms with Crippen molar-refractivity contribution in [1.82, 2.24) is 9.21 Å². The molecular weight excluding hydrogens is 324 g/mol. The zero-order valence-corrected chi connectivity index (χ0v) is 14.1. The minimum Gasteiger partial charge on any atom is -0.481 e. The summed E-state index contributed by atoms with van der Waals surface area (Å²) in [5, 5.41) is 8.96. The summed E-state index contributed by atoms with van der Waals surface area (Å²) < 4.78 is 35.0. The van der Waals surface area contributed by atoms with Gasteiger partial charge in [-0.05, 0) is 12.1 Å². The summed E-state index contributed by atoms with van der Waals surface area (Å²) >= 11 is 0. The van der Waals surface area contributed by atoms with Crippen molar-refractivity contribution in [3.05, 3.63) is 23.7 Å². The van der Waals surface area contributed by atoms with Crippen LogP contribution in [0.4, 0.5) is 0 Å². The lowest BCUT2D eigenvalue weighted by Gasteiger charge is -2.34. The maximum atomic E-state index is 11.4. The summed E-state index contributed by atoms with van der Waals surface area (Å²) in [7, 11) is -1.77. The van der Waals surface area contributed by atoms with Crippen LogP contribution in [0.15, 0.2) is 16.5 Å². The van der Waals surface area contributed by atoms with E-state index in [9.17, 15) is 13.2 Å². The predicted molar refractivity (Wildman–Crippen MR) is 82.3 cm³/mol. The molecule has 0 unspecified atom stereocenters. The van der Waals surface area contributed by atoms with Crippen molar-refractivity contribution in [2.24, 2.45) is 0 Å². The van der Waals surface area contributed by atoms with Gasteiger partial charge in [0.05, 0.1) is 39.0 Å². The number of sulfonamides is 1. The Morgan fingerprint density at radius 2 is 2.13 bits per heavy atom. The molecule has 0 amide bonds. The molecule has 2 heterocycles. The lowest BCUT2D eigenvalue weighted by atomic mass is 10.1. The second kappa shape index (κ2) is 7.43. The Bertz CT molecular complexity index is 641. The third kappa shape index (κ3) is 5.31. The highest BCUT2D eigenvalue weighted by molar-refractivity contribution is 7.88. The molecule has 1 aliphatic rings. The third-order valence-electron chi connectivity index (χ3n) is 3.78. The van der Waals surface area contributed by atoms with Crippen LogP contribution < -0.4 is 0 Å². The quantitative estimate of drug-likeness (QED) is 0.760. The first kappa shape index (κ1) is 17.9. The number of ether oxygens (including phenoxy) is 1. The van der Waals surface area contributed by atoms with Crippen LogP contribution in [0, 0.1) is 0 Å². The SMILES string of the molecule is CN(Cc1ccc(CN2CCOC[C@@H]2CC(=O)O)o1)S(C)(=O)=O. The molecule has 9 heteroatoms. The number of nitrogens with zero attached hydrogens (tertiary/aromatic N) is 2. The molecule has 1 N–H and O–H groups in total. The fourth-order valence-electron chi connectivity index (χ4n) is 2.42. The van der Waals surface area contributed by atoms with Crippen LogP contribution in [-0.4, -0.2) is 67.8 Å². The number of carboxylic acids is 1. The van der Waals surface area contributed by atoms with E-state index in [4.69, 9.17) is 14.3 Å². The van der Waals surface area contributed by atoms with Gasteiger partial charge in [0.25, 0.3) is 0 Å². The van der Waals surface area contributed by atoms with E-state index in [1.165, 1.54) is 11.4 Å². The molecule has 0 aliphatic carbocycles. The van der Waals surface area contributed by atoms with Crippen molar-refractivity contribution in [2.75, 3.05) is 33.1 Å². The Labute approximate surface area is 135 Å². The van der Waals surface area contributed by atoms with Gasteiger partial charge in [-0.2, -0.15) is 4.31 Å². The van der Waals surface area contributed by atoms with Crippen LogP contribution in [0.3, 0.4) is 0 Å². The molecule has 1 aromatic rings. The van der Waals surface area contributed by atoms with Crippen molar-refractivity contribution >= 4 is 16.0 Å². The highest BCUT2D eigenvalue weighted by Gasteiger charge is 2.26. The monoisotopic (exact) mass is 346 g/mol. The zero-order chi connectivity index (χ0) is 17.0. The first-order chi connectivity index (χ1) is 10.8. The van der Waals surface area contributed by atoms with Gasteiger partial charge in [0.1, 0.15) is 11.5 Å². The van der Waals surface area contributed by atoms with Crippen LogP contribution in [0.5, 0.6) is 0 Å². The van der Waals surface area contributed by atoms with Gasteiger partial charge in [0.15, 0.2) is 0 Å². The molecule has 0 saturated carbocycles. The fraction of sp³-hybridized carbons (Fsp3) is 0.643. The molecule has 0 bridgehead atoms. The minimum absolute atomic E-state index is 0.0182. The first-order valence-corrected chi connectivity index (χ1v) is 9.13. The second-order valence-corrected chi connectivity index (χ2v) is 7.77.